The van der Waals surface area contributed by atoms with Crippen molar-refractivity contribution in [3.8, 4) is 5.75 Å². The van der Waals surface area contributed by atoms with E-state index in [9.17, 15) is 9.18 Å². The Morgan fingerprint density at radius 3 is 2.71 bits per heavy atom. The summed E-state index contributed by atoms with van der Waals surface area (Å²) in [5.74, 6) is -0.213. The average Bonchev–Trinajstić information content (AvgIpc) is 2.45. The van der Waals surface area contributed by atoms with Crippen molar-refractivity contribution in [2.75, 3.05) is 0 Å². The van der Waals surface area contributed by atoms with Gasteiger partial charge in [-0.3, -0.25) is 4.79 Å². The van der Waals surface area contributed by atoms with E-state index in [1.807, 2.05) is 0 Å². The fourth-order valence-corrected chi connectivity index (χ4v) is 2.20. The van der Waals surface area contributed by atoms with Crippen LogP contribution in [0.1, 0.15) is 11.1 Å². The summed E-state index contributed by atoms with van der Waals surface area (Å²) in [4.78, 5) is 10.7. The molecule has 2 aromatic carbocycles. The number of hydrogen-bond donors (Lipinski definition) is 1. The third-order valence-corrected chi connectivity index (χ3v) is 3.36. The summed E-state index contributed by atoms with van der Waals surface area (Å²) in [6, 6.07) is 11.8. The average molecular weight is 350 g/mol. The Hall–Kier alpha value is -2.14. The largest absolute Gasteiger partial charge is 0.488 e. The molecule has 108 valence electrons. The molecule has 0 aliphatic heterocycles. The second-order valence-electron chi connectivity index (χ2n) is 4.31. The monoisotopic (exact) mass is 349 g/mol. The molecule has 0 saturated carbocycles. The number of carbonyl (C=O) groups is 1. The van der Waals surface area contributed by atoms with Crippen LogP contribution in [0.3, 0.4) is 0 Å². The molecule has 0 aliphatic rings. The van der Waals surface area contributed by atoms with Gasteiger partial charge < -0.3 is 10.5 Å². The lowest BCUT2D eigenvalue weighted by Gasteiger charge is -2.09. The molecule has 2 aromatic rings. The van der Waals surface area contributed by atoms with Crippen LogP contribution in [0.15, 0.2) is 53.0 Å². The molecule has 0 saturated heterocycles. The van der Waals surface area contributed by atoms with Crippen molar-refractivity contribution in [1.29, 1.82) is 0 Å². The van der Waals surface area contributed by atoms with Crippen molar-refractivity contribution < 1.29 is 13.9 Å². The van der Waals surface area contributed by atoms with Crippen molar-refractivity contribution in [3.05, 3.63) is 70.0 Å². The SMILES string of the molecule is NC(=O)/C=C/c1ccc(OCc2ccccc2F)c(Br)c1. The van der Waals surface area contributed by atoms with Crippen molar-refractivity contribution in [1.82, 2.24) is 0 Å². The van der Waals surface area contributed by atoms with Gasteiger partial charge in [-0.15, -0.1) is 0 Å². The molecule has 0 heterocycles. The van der Waals surface area contributed by atoms with E-state index in [-0.39, 0.29) is 12.4 Å². The quantitative estimate of drug-likeness (QED) is 0.837. The maximum absolute atomic E-state index is 13.5. The summed E-state index contributed by atoms with van der Waals surface area (Å²) in [5.41, 5.74) is 6.33. The van der Waals surface area contributed by atoms with Crippen LogP contribution < -0.4 is 10.5 Å². The van der Waals surface area contributed by atoms with Gasteiger partial charge in [0.2, 0.25) is 5.91 Å². The summed E-state index contributed by atoms with van der Waals surface area (Å²) in [6.45, 7) is 0.141. The van der Waals surface area contributed by atoms with Crippen LogP contribution >= 0.6 is 15.9 Å². The lowest BCUT2D eigenvalue weighted by Crippen LogP contribution is -2.05. The number of amides is 1. The second kappa shape index (κ2) is 7.04. The van der Waals surface area contributed by atoms with E-state index in [1.165, 1.54) is 12.1 Å². The number of nitrogens with two attached hydrogens (primary N) is 1. The number of primary amides is 1. The topological polar surface area (TPSA) is 52.3 Å². The number of halogens is 2. The minimum absolute atomic E-state index is 0.141. The summed E-state index contributed by atoms with van der Waals surface area (Å²) < 4.78 is 19.8. The molecule has 0 radical (unpaired) electrons. The fraction of sp³-hybridized carbons (Fsp3) is 0.0625. The van der Waals surface area contributed by atoms with Crippen LogP contribution in [0.5, 0.6) is 5.75 Å². The molecule has 3 nitrogen and oxygen atoms in total. The third-order valence-electron chi connectivity index (χ3n) is 2.74. The molecule has 1 amide bonds. The molecule has 2 rings (SSSR count). The number of benzene rings is 2. The molecule has 21 heavy (non-hydrogen) atoms. The molecule has 0 atom stereocenters. The smallest absolute Gasteiger partial charge is 0.241 e. The van der Waals surface area contributed by atoms with E-state index in [4.69, 9.17) is 10.5 Å². The van der Waals surface area contributed by atoms with Gasteiger partial charge >= 0.3 is 0 Å². The maximum Gasteiger partial charge on any atom is 0.241 e. The second-order valence-corrected chi connectivity index (χ2v) is 5.16. The molecule has 0 bridgehead atoms. The van der Waals surface area contributed by atoms with Crippen molar-refractivity contribution in [2.45, 2.75) is 6.61 Å². The normalized spacial score (nSPS) is 10.8. The Morgan fingerprint density at radius 1 is 1.29 bits per heavy atom. The predicted molar refractivity (Wildman–Crippen MR) is 83.1 cm³/mol. The van der Waals surface area contributed by atoms with Gasteiger partial charge in [0.1, 0.15) is 18.2 Å². The van der Waals surface area contributed by atoms with Gasteiger partial charge in [0.25, 0.3) is 0 Å². The maximum atomic E-state index is 13.5. The molecule has 0 aliphatic carbocycles. The molecule has 0 spiro atoms. The van der Waals surface area contributed by atoms with Gasteiger partial charge in [0.05, 0.1) is 4.47 Å². The van der Waals surface area contributed by atoms with Crippen molar-refractivity contribution in [2.24, 2.45) is 5.73 Å². The van der Waals surface area contributed by atoms with E-state index >= 15 is 0 Å². The Morgan fingerprint density at radius 2 is 2.05 bits per heavy atom. The molecular formula is C16H13BrFNO2. The molecule has 0 unspecified atom stereocenters. The fourth-order valence-electron chi connectivity index (χ4n) is 1.69. The summed E-state index contributed by atoms with van der Waals surface area (Å²) in [7, 11) is 0. The number of rotatable bonds is 5. The first-order valence-corrected chi connectivity index (χ1v) is 6.99. The highest BCUT2D eigenvalue weighted by atomic mass is 79.9. The number of hydrogen-bond acceptors (Lipinski definition) is 2. The zero-order valence-electron chi connectivity index (χ0n) is 11.1. The van der Waals surface area contributed by atoms with Gasteiger partial charge in [0.15, 0.2) is 0 Å². The minimum Gasteiger partial charge on any atom is -0.488 e. The van der Waals surface area contributed by atoms with Crippen molar-refractivity contribution in [3.63, 3.8) is 0 Å². The van der Waals surface area contributed by atoms with Gasteiger partial charge in [-0.05, 0) is 45.8 Å². The lowest BCUT2D eigenvalue weighted by molar-refractivity contribution is -0.113. The van der Waals surface area contributed by atoms with Gasteiger partial charge in [-0.1, -0.05) is 24.3 Å². The van der Waals surface area contributed by atoms with E-state index < -0.39 is 5.91 Å². The van der Waals surface area contributed by atoms with Gasteiger partial charge in [-0.25, -0.2) is 4.39 Å². The van der Waals surface area contributed by atoms with E-state index in [0.717, 1.165) is 5.56 Å². The van der Waals surface area contributed by atoms with Crippen LogP contribution in [-0.4, -0.2) is 5.91 Å². The van der Waals surface area contributed by atoms with E-state index in [2.05, 4.69) is 15.9 Å². The first-order chi connectivity index (χ1) is 10.1. The lowest BCUT2D eigenvalue weighted by atomic mass is 10.2. The highest BCUT2D eigenvalue weighted by Crippen LogP contribution is 2.27. The summed E-state index contributed by atoms with van der Waals surface area (Å²) >= 11 is 3.38. The Bertz CT molecular complexity index is 686. The van der Waals surface area contributed by atoms with Crippen LogP contribution in [0.2, 0.25) is 0 Å². The standard InChI is InChI=1S/C16H13BrFNO2/c17-13-9-11(6-8-16(19)20)5-7-15(13)21-10-12-3-1-2-4-14(12)18/h1-9H,10H2,(H2,19,20)/b8-6+. The van der Waals surface area contributed by atoms with Crippen LogP contribution in [0.25, 0.3) is 6.08 Å². The number of carbonyl (C=O) groups excluding carboxylic acids is 1. The van der Waals surface area contributed by atoms with E-state index in [0.29, 0.717) is 15.8 Å². The molecular weight excluding hydrogens is 337 g/mol. The Kier molecular flexibility index (Phi) is 5.11. The zero-order valence-corrected chi connectivity index (χ0v) is 12.6. The molecule has 0 aromatic heterocycles. The molecule has 0 fully saturated rings. The van der Waals surface area contributed by atoms with Crippen LogP contribution in [0, 0.1) is 5.82 Å². The molecule has 2 N–H and O–H groups in total. The highest BCUT2D eigenvalue weighted by molar-refractivity contribution is 9.10. The third kappa shape index (κ3) is 4.43. The van der Waals surface area contributed by atoms with Gasteiger partial charge in [0, 0.05) is 11.6 Å². The zero-order chi connectivity index (χ0) is 15.2. The van der Waals surface area contributed by atoms with Crippen LogP contribution in [0.4, 0.5) is 4.39 Å². The Balaban J connectivity index is 2.08. The number of ether oxygens (including phenoxy) is 1. The first-order valence-electron chi connectivity index (χ1n) is 6.19. The predicted octanol–water partition coefficient (Wildman–Crippen LogP) is 3.67. The molecule has 5 heteroatoms. The van der Waals surface area contributed by atoms with Crippen molar-refractivity contribution >= 4 is 27.9 Å². The van der Waals surface area contributed by atoms with E-state index in [1.54, 1.807) is 42.5 Å². The summed E-state index contributed by atoms with van der Waals surface area (Å²) in [5, 5.41) is 0. The Labute approximate surface area is 130 Å². The summed E-state index contributed by atoms with van der Waals surface area (Å²) in [6.07, 6.45) is 2.88. The van der Waals surface area contributed by atoms with Gasteiger partial charge in [-0.2, -0.15) is 0 Å². The van der Waals surface area contributed by atoms with Crippen LogP contribution in [-0.2, 0) is 11.4 Å². The highest BCUT2D eigenvalue weighted by Gasteiger charge is 2.05. The first kappa shape index (κ1) is 15.3. The minimum atomic E-state index is -0.508.